The van der Waals surface area contributed by atoms with Crippen molar-refractivity contribution >= 4 is 34.8 Å². The van der Waals surface area contributed by atoms with E-state index in [9.17, 15) is 24.5 Å². The molecule has 1 atom stereocenters. The molecule has 10 nitrogen and oxygen atoms in total. The van der Waals surface area contributed by atoms with E-state index < -0.39 is 22.9 Å². The van der Waals surface area contributed by atoms with Gasteiger partial charge in [-0.3, -0.25) is 24.6 Å². The number of hydrogen-bond acceptors (Lipinski definition) is 7. The number of rotatable bonds is 6. The van der Waals surface area contributed by atoms with Crippen LogP contribution in [-0.4, -0.2) is 42.0 Å². The van der Waals surface area contributed by atoms with Crippen LogP contribution in [0.25, 0.3) is 0 Å². The molecule has 0 unspecified atom stereocenters. The highest BCUT2D eigenvalue weighted by atomic mass is 16.6. The van der Waals surface area contributed by atoms with Crippen molar-refractivity contribution in [1.29, 1.82) is 0 Å². The zero-order chi connectivity index (χ0) is 21.8. The van der Waals surface area contributed by atoms with Gasteiger partial charge in [0, 0.05) is 6.07 Å². The summed E-state index contributed by atoms with van der Waals surface area (Å²) in [4.78, 5) is 49.0. The summed E-state index contributed by atoms with van der Waals surface area (Å²) in [5.41, 5.74) is 0.484. The predicted molar refractivity (Wildman–Crippen MR) is 107 cm³/mol. The Morgan fingerprint density at radius 1 is 1.27 bits per heavy atom. The van der Waals surface area contributed by atoms with Crippen molar-refractivity contribution < 1.29 is 28.8 Å². The molecule has 2 aromatic rings. The molecule has 0 spiro atoms. The van der Waals surface area contributed by atoms with Gasteiger partial charge in [0.2, 0.25) is 5.91 Å². The third-order valence-corrected chi connectivity index (χ3v) is 4.36. The summed E-state index contributed by atoms with van der Waals surface area (Å²) in [7, 11) is 0. The van der Waals surface area contributed by atoms with E-state index in [2.05, 4.69) is 5.32 Å². The van der Waals surface area contributed by atoms with Crippen LogP contribution in [0.5, 0.6) is 5.75 Å². The number of ether oxygens (including phenoxy) is 2. The number of nitrogens with one attached hydrogen (secondary N) is 1. The summed E-state index contributed by atoms with van der Waals surface area (Å²) in [5, 5.41) is 13.9. The van der Waals surface area contributed by atoms with Gasteiger partial charge in [-0.05, 0) is 38.1 Å². The van der Waals surface area contributed by atoms with Crippen LogP contribution in [0.4, 0.5) is 17.1 Å². The lowest BCUT2D eigenvalue weighted by Crippen LogP contribution is -2.47. The summed E-state index contributed by atoms with van der Waals surface area (Å²) in [5.74, 6) is -1.84. The number of carbonyl (C=O) groups is 3. The Morgan fingerprint density at radius 3 is 2.70 bits per heavy atom. The smallest absolute Gasteiger partial charge is 0.339 e. The molecule has 2 amide bonds. The van der Waals surface area contributed by atoms with Crippen molar-refractivity contribution in [1.82, 2.24) is 0 Å². The lowest BCUT2D eigenvalue weighted by Gasteiger charge is -2.30. The van der Waals surface area contributed by atoms with E-state index in [1.807, 2.05) is 0 Å². The number of amides is 2. The molecule has 3 rings (SSSR count). The van der Waals surface area contributed by atoms with Crippen molar-refractivity contribution in [2.24, 2.45) is 0 Å². The number of nitro benzene ring substituents is 1. The van der Waals surface area contributed by atoms with E-state index in [-0.39, 0.29) is 36.1 Å². The maximum Gasteiger partial charge on any atom is 0.339 e. The minimum atomic E-state index is -1.22. The van der Waals surface area contributed by atoms with E-state index in [1.165, 1.54) is 24.0 Å². The lowest BCUT2D eigenvalue weighted by atomic mass is 10.1. The molecule has 1 aliphatic heterocycles. The van der Waals surface area contributed by atoms with Gasteiger partial charge in [-0.1, -0.05) is 12.1 Å². The van der Waals surface area contributed by atoms with Crippen LogP contribution in [0.1, 0.15) is 24.2 Å². The quantitative estimate of drug-likeness (QED) is 0.438. The van der Waals surface area contributed by atoms with Gasteiger partial charge < -0.3 is 14.8 Å². The van der Waals surface area contributed by atoms with E-state index in [0.717, 1.165) is 6.07 Å². The number of esters is 1. The Balaban J connectivity index is 1.78. The second-order valence-corrected chi connectivity index (χ2v) is 6.41. The number of carbonyl (C=O) groups excluding carboxylic acids is 3. The van der Waals surface area contributed by atoms with Crippen molar-refractivity contribution in [3.8, 4) is 5.75 Å². The first-order valence-electron chi connectivity index (χ1n) is 9.14. The van der Waals surface area contributed by atoms with Crippen molar-refractivity contribution in [3.63, 3.8) is 0 Å². The largest absolute Gasteiger partial charge is 0.487 e. The van der Waals surface area contributed by atoms with E-state index in [1.54, 1.807) is 31.2 Å². The third-order valence-electron chi connectivity index (χ3n) is 4.36. The molecule has 1 N–H and O–H groups in total. The van der Waals surface area contributed by atoms with Crippen LogP contribution in [0.2, 0.25) is 0 Å². The standard InChI is InChI=1S/C20H19N3O7/c1-3-29-17-9-8-13(10-16(17)23(27)28)20(26)30-12(2)19(25)22-11-18(24)21-14-6-4-5-7-15(14)22/h4-10,12H,3,11H2,1-2H3,(H,21,24)/t12-/m0/s1. The highest BCUT2D eigenvalue weighted by Crippen LogP contribution is 2.30. The molecule has 1 heterocycles. The highest BCUT2D eigenvalue weighted by molar-refractivity contribution is 6.11. The van der Waals surface area contributed by atoms with Gasteiger partial charge in [-0.15, -0.1) is 0 Å². The molecule has 0 fully saturated rings. The maximum atomic E-state index is 12.8. The maximum absolute atomic E-state index is 12.8. The van der Waals surface area contributed by atoms with Gasteiger partial charge in [-0.25, -0.2) is 4.79 Å². The predicted octanol–water partition coefficient (Wildman–Crippen LogP) is 2.52. The van der Waals surface area contributed by atoms with Crippen LogP contribution < -0.4 is 15.0 Å². The Labute approximate surface area is 171 Å². The van der Waals surface area contributed by atoms with Crippen LogP contribution in [-0.2, 0) is 14.3 Å². The monoisotopic (exact) mass is 413 g/mol. The second kappa shape index (κ2) is 8.60. The average Bonchev–Trinajstić information content (AvgIpc) is 2.72. The zero-order valence-corrected chi connectivity index (χ0v) is 16.3. The molecule has 30 heavy (non-hydrogen) atoms. The fourth-order valence-corrected chi connectivity index (χ4v) is 2.99. The number of benzene rings is 2. The molecule has 0 saturated carbocycles. The third kappa shape index (κ3) is 4.22. The van der Waals surface area contributed by atoms with Crippen LogP contribution in [0.15, 0.2) is 42.5 Å². The topological polar surface area (TPSA) is 128 Å². The first-order chi connectivity index (χ1) is 14.3. The zero-order valence-electron chi connectivity index (χ0n) is 16.3. The number of fused-ring (bicyclic) bond motifs is 1. The molecule has 0 saturated heterocycles. The molecule has 0 radical (unpaired) electrons. The minimum Gasteiger partial charge on any atom is -0.487 e. The van der Waals surface area contributed by atoms with E-state index in [4.69, 9.17) is 9.47 Å². The van der Waals surface area contributed by atoms with Gasteiger partial charge >= 0.3 is 11.7 Å². The highest BCUT2D eigenvalue weighted by Gasteiger charge is 2.32. The summed E-state index contributed by atoms with van der Waals surface area (Å²) >= 11 is 0. The van der Waals surface area contributed by atoms with Crippen LogP contribution in [0.3, 0.4) is 0 Å². The van der Waals surface area contributed by atoms with Crippen molar-refractivity contribution in [2.45, 2.75) is 20.0 Å². The SMILES string of the molecule is CCOc1ccc(C(=O)O[C@@H](C)C(=O)N2CC(=O)Nc3ccccc32)cc1[N+](=O)[O-]. The number of nitrogens with zero attached hydrogens (tertiary/aromatic N) is 2. The summed E-state index contributed by atoms with van der Waals surface area (Å²) in [6.07, 6.45) is -1.22. The van der Waals surface area contributed by atoms with Crippen LogP contribution >= 0.6 is 0 Å². The Hall–Kier alpha value is -3.95. The molecule has 0 aromatic heterocycles. The van der Waals surface area contributed by atoms with Gasteiger partial charge in [-0.2, -0.15) is 0 Å². The van der Waals surface area contributed by atoms with E-state index >= 15 is 0 Å². The number of nitro groups is 1. The van der Waals surface area contributed by atoms with Crippen molar-refractivity contribution in [3.05, 3.63) is 58.1 Å². The number of anilines is 2. The Morgan fingerprint density at radius 2 is 2.00 bits per heavy atom. The molecule has 1 aliphatic rings. The molecule has 0 aliphatic carbocycles. The van der Waals surface area contributed by atoms with Gasteiger partial charge in [0.05, 0.1) is 28.5 Å². The van der Waals surface area contributed by atoms with Gasteiger partial charge in [0.25, 0.3) is 5.91 Å². The molecular weight excluding hydrogens is 394 g/mol. The summed E-state index contributed by atoms with van der Waals surface area (Å²) < 4.78 is 10.4. The Bertz CT molecular complexity index is 1020. The molecular formula is C20H19N3O7. The lowest BCUT2D eigenvalue weighted by molar-refractivity contribution is -0.385. The normalized spacial score (nSPS) is 13.7. The molecule has 10 heteroatoms. The Kier molecular flexibility index (Phi) is 5.95. The molecule has 2 aromatic carbocycles. The first-order valence-corrected chi connectivity index (χ1v) is 9.14. The van der Waals surface area contributed by atoms with Crippen molar-refractivity contribution in [2.75, 3.05) is 23.4 Å². The molecule has 0 bridgehead atoms. The van der Waals surface area contributed by atoms with E-state index in [0.29, 0.717) is 11.4 Å². The fourth-order valence-electron chi connectivity index (χ4n) is 2.99. The summed E-state index contributed by atoms with van der Waals surface area (Å²) in [6, 6.07) is 10.4. The minimum absolute atomic E-state index is 0.0270. The van der Waals surface area contributed by atoms with Gasteiger partial charge in [0.1, 0.15) is 6.54 Å². The average molecular weight is 413 g/mol. The summed E-state index contributed by atoms with van der Waals surface area (Å²) in [6.45, 7) is 3.06. The first kappa shape index (κ1) is 20.8. The number of hydrogen-bond donors (Lipinski definition) is 1. The fraction of sp³-hybridized carbons (Fsp3) is 0.250. The van der Waals surface area contributed by atoms with Crippen LogP contribution in [0, 0.1) is 10.1 Å². The second-order valence-electron chi connectivity index (χ2n) is 6.41. The molecule has 156 valence electrons. The van der Waals surface area contributed by atoms with Gasteiger partial charge in [0.15, 0.2) is 11.9 Å². The number of para-hydroxylation sites is 2.